The fourth-order valence-electron chi connectivity index (χ4n) is 2.96. The van der Waals surface area contributed by atoms with Crippen LogP contribution < -0.4 is 15.4 Å². The predicted molar refractivity (Wildman–Crippen MR) is 81.8 cm³/mol. The predicted octanol–water partition coefficient (Wildman–Crippen LogP) is 0.571. The maximum absolute atomic E-state index is 12.1. The van der Waals surface area contributed by atoms with Crippen LogP contribution in [0.15, 0.2) is 24.3 Å². The lowest BCUT2D eigenvalue weighted by Crippen LogP contribution is -2.60. The molecule has 0 saturated carbocycles. The van der Waals surface area contributed by atoms with Crippen molar-refractivity contribution in [1.29, 1.82) is 0 Å². The molecular formula is C16H19N3O4. The van der Waals surface area contributed by atoms with Crippen LogP contribution in [0.1, 0.15) is 18.9 Å². The Labute approximate surface area is 134 Å². The van der Waals surface area contributed by atoms with E-state index in [0.29, 0.717) is 18.7 Å². The van der Waals surface area contributed by atoms with Gasteiger partial charge in [-0.3, -0.25) is 9.59 Å². The summed E-state index contributed by atoms with van der Waals surface area (Å²) >= 11 is 0. The van der Waals surface area contributed by atoms with E-state index in [-0.39, 0.29) is 17.9 Å². The lowest BCUT2D eigenvalue weighted by molar-refractivity contribution is -0.146. The van der Waals surface area contributed by atoms with Crippen LogP contribution in [0.4, 0.5) is 4.79 Å². The van der Waals surface area contributed by atoms with Gasteiger partial charge in [-0.15, -0.1) is 0 Å². The smallest absolute Gasteiger partial charge is 0.410 e. The van der Waals surface area contributed by atoms with Crippen molar-refractivity contribution in [3.63, 3.8) is 0 Å². The number of nitrogens with zero attached hydrogens (tertiary/aromatic N) is 1. The number of aryl methyl sites for hydroxylation is 1. The zero-order valence-corrected chi connectivity index (χ0v) is 13.0. The van der Waals surface area contributed by atoms with Crippen LogP contribution in [0.3, 0.4) is 0 Å². The number of amides is 3. The zero-order valence-electron chi connectivity index (χ0n) is 13.0. The van der Waals surface area contributed by atoms with Crippen LogP contribution in [0.25, 0.3) is 0 Å². The Kier molecular flexibility index (Phi) is 3.94. The van der Waals surface area contributed by atoms with Crippen LogP contribution in [0, 0.1) is 6.92 Å². The van der Waals surface area contributed by atoms with Crippen LogP contribution in [0.5, 0.6) is 5.75 Å². The third-order valence-corrected chi connectivity index (χ3v) is 4.17. The van der Waals surface area contributed by atoms with Gasteiger partial charge in [0.15, 0.2) is 0 Å². The van der Waals surface area contributed by atoms with Crippen molar-refractivity contribution in [2.75, 3.05) is 6.54 Å². The summed E-state index contributed by atoms with van der Waals surface area (Å²) in [5.41, 5.74) is 1.07. The quantitative estimate of drug-likeness (QED) is 0.835. The van der Waals surface area contributed by atoms with Gasteiger partial charge in [-0.05, 0) is 32.4 Å². The molecule has 7 nitrogen and oxygen atoms in total. The summed E-state index contributed by atoms with van der Waals surface area (Å²) in [7, 11) is 0. The molecule has 0 radical (unpaired) electrons. The Morgan fingerprint density at radius 1 is 1.30 bits per heavy atom. The molecule has 23 heavy (non-hydrogen) atoms. The number of carbonyl (C=O) groups is 3. The molecule has 0 spiro atoms. The first-order valence-electron chi connectivity index (χ1n) is 7.60. The van der Waals surface area contributed by atoms with E-state index in [4.69, 9.17) is 4.74 Å². The molecule has 2 N–H and O–H groups in total. The summed E-state index contributed by atoms with van der Waals surface area (Å²) in [5.74, 6) is 0.158. The third-order valence-electron chi connectivity index (χ3n) is 4.17. The molecule has 0 bridgehead atoms. The van der Waals surface area contributed by atoms with E-state index >= 15 is 0 Å². The normalized spacial score (nSPS) is 26.5. The SMILES string of the molecule is Cc1ccc(OC(=O)N[C@H]2C[C@H]3C(=O)N[C@@H](C)C(=O)N3C2)cc1. The molecule has 0 unspecified atom stereocenters. The number of rotatable bonds is 2. The number of ether oxygens (including phenoxy) is 1. The lowest BCUT2D eigenvalue weighted by Gasteiger charge is -2.32. The molecule has 7 heteroatoms. The van der Waals surface area contributed by atoms with Crippen molar-refractivity contribution in [3.05, 3.63) is 29.8 Å². The van der Waals surface area contributed by atoms with Gasteiger partial charge < -0.3 is 20.3 Å². The number of nitrogens with one attached hydrogen (secondary N) is 2. The van der Waals surface area contributed by atoms with Crippen molar-refractivity contribution >= 4 is 17.9 Å². The van der Waals surface area contributed by atoms with Crippen molar-refractivity contribution < 1.29 is 19.1 Å². The van der Waals surface area contributed by atoms with E-state index in [1.165, 1.54) is 4.90 Å². The Balaban J connectivity index is 1.59. The summed E-state index contributed by atoms with van der Waals surface area (Å²) in [6.07, 6.45) is -0.188. The number of hydrogen-bond donors (Lipinski definition) is 2. The van der Waals surface area contributed by atoms with E-state index in [1.54, 1.807) is 19.1 Å². The molecule has 2 heterocycles. The van der Waals surface area contributed by atoms with Crippen LogP contribution in [-0.2, 0) is 9.59 Å². The van der Waals surface area contributed by atoms with Crippen LogP contribution in [0.2, 0.25) is 0 Å². The number of fused-ring (bicyclic) bond motifs is 1. The summed E-state index contributed by atoms with van der Waals surface area (Å²) in [6, 6.07) is 5.81. The monoisotopic (exact) mass is 317 g/mol. The molecule has 1 aromatic rings. The van der Waals surface area contributed by atoms with Gasteiger partial charge in [0.2, 0.25) is 11.8 Å². The van der Waals surface area contributed by atoms with E-state index < -0.39 is 18.2 Å². The van der Waals surface area contributed by atoms with Crippen molar-refractivity contribution in [3.8, 4) is 5.75 Å². The van der Waals surface area contributed by atoms with Gasteiger partial charge in [0.1, 0.15) is 17.8 Å². The molecule has 3 amide bonds. The Bertz CT molecular complexity index is 643. The van der Waals surface area contributed by atoms with Crippen LogP contribution in [-0.4, -0.2) is 47.5 Å². The second-order valence-electron chi connectivity index (χ2n) is 6.02. The first-order chi connectivity index (χ1) is 10.9. The summed E-state index contributed by atoms with van der Waals surface area (Å²) in [5, 5.41) is 5.36. The average molecular weight is 317 g/mol. The molecule has 122 valence electrons. The second-order valence-corrected chi connectivity index (χ2v) is 6.02. The summed E-state index contributed by atoms with van der Waals surface area (Å²) < 4.78 is 5.21. The fraction of sp³-hybridized carbons (Fsp3) is 0.438. The maximum atomic E-state index is 12.1. The third kappa shape index (κ3) is 3.13. The van der Waals surface area contributed by atoms with Crippen molar-refractivity contribution in [1.82, 2.24) is 15.5 Å². The molecule has 2 fully saturated rings. The largest absolute Gasteiger partial charge is 0.412 e. The molecule has 3 atom stereocenters. The second kappa shape index (κ2) is 5.91. The van der Waals surface area contributed by atoms with Gasteiger partial charge in [0.05, 0.1) is 6.04 Å². The van der Waals surface area contributed by atoms with E-state index in [9.17, 15) is 14.4 Å². The highest BCUT2D eigenvalue weighted by Gasteiger charge is 2.45. The van der Waals surface area contributed by atoms with Crippen molar-refractivity contribution in [2.24, 2.45) is 0 Å². The number of benzene rings is 1. The average Bonchev–Trinajstić information content (AvgIpc) is 2.92. The summed E-state index contributed by atoms with van der Waals surface area (Å²) in [4.78, 5) is 37.5. The first-order valence-corrected chi connectivity index (χ1v) is 7.60. The minimum atomic E-state index is -0.584. The lowest BCUT2D eigenvalue weighted by atomic mass is 10.1. The molecule has 0 aliphatic carbocycles. The van der Waals surface area contributed by atoms with Gasteiger partial charge in [-0.25, -0.2) is 4.79 Å². The molecule has 2 saturated heterocycles. The van der Waals surface area contributed by atoms with Crippen LogP contribution >= 0.6 is 0 Å². The topological polar surface area (TPSA) is 87.7 Å². The molecular weight excluding hydrogens is 298 g/mol. The van der Waals surface area contributed by atoms with E-state index in [1.807, 2.05) is 19.1 Å². The molecule has 1 aromatic carbocycles. The van der Waals surface area contributed by atoms with Gasteiger partial charge in [-0.1, -0.05) is 17.7 Å². The number of hydrogen-bond acceptors (Lipinski definition) is 4. The van der Waals surface area contributed by atoms with Gasteiger partial charge in [0, 0.05) is 6.54 Å². The molecule has 3 rings (SSSR count). The first kappa shape index (κ1) is 15.3. The minimum absolute atomic E-state index is 0.120. The highest BCUT2D eigenvalue weighted by molar-refractivity contribution is 5.97. The number of carbonyl (C=O) groups excluding carboxylic acids is 3. The van der Waals surface area contributed by atoms with E-state index in [2.05, 4.69) is 10.6 Å². The van der Waals surface area contributed by atoms with Crippen molar-refractivity contribution in [2.45, 2.75) is 38.4 Å². The Morgan fingerprint density at radius 2 is 2.00 bits per heavy atom. The highest BCUT2D eigenvalue weighted by Crippen LogP contribution is 2.22. The Hall–Kier alpha value is -2.57. The van der Waals surface area contributed by atoms with Gasteiger partial charge in [0.25, 0.3) is 0 Å². The molecule has 2 aliphatic rings. The molecule has 0 aromatic heterocycles. The maximum Gasteiger partial charge on any atom is 0.412 e. The summed E-state index contributed by atoms with van der Waals surface area (Å²) in [6.45, 7) is 3.93. The fourth-order valence-corrected chi connectivity index (χ4v) is 2.96. The van der Waals surface area contributed by atoms with E-state index in [0.717, 1.165) is 5.56 Å². The highest BCUT2D eigenvalue weighted by atomic mass is 16.6. The zero-order chi connectivity index (χ0) is 16.6. The standard InChI is InChI=1S/C16H19N3O4/c1-9-3-5-12(6-4-9)23-16(22)18-11-7-13-14(20)17-10(2)15(21)19(13)8-11/h3-6,10-11,13H,7-8H2,1-2H3,(H,17,20)(H,18,22)/t10-,11-,13-/m0/s1. The van der Waals surface area contributed by atoms with Gasteiger partial charge in [-0.2, -0.15) is 0 Å². The molecule has 2 aliphatic heterocycles. The Morgan fingerprint density at radius 3 is 2.70 bits per heavy atom. The van der Waals surface area contributed by atoms with Gasteiger partial charge >= 0.3 is 6.09 Å². The number of piperazine rings is 1. The minimum Gasteiger partial charge on any atom is -0.410 e.